The van der Waals surface area contributed by atoms with Gasteiger partial charge in [0.2, 0.25) is 11.8 Å². The second-order valence-electron chi connectivity index (χ2n) is 8.44. The summed E-state index contributed by atoms with van der Waals surface area (Å²) >= 11 is 12.8. The standard InChI is InChI=1S/C26H22Cl2N5O3/c1-35-22-18-9-10-26(34,25-31-21(24(28)32-25)14-4-7-17(30)8-5-14)23(18)33(36-2)13-20(22)19-11-16(27)6-3-15(19)12-29/h3-8,11,13,34H,9-10,30H2,1-2H3,(H,31,32)/q+1. The molecule has 1 unspecified atom stereocenters. The van der Waals surface area contributed by atoms with Gasteiger partial charge in [0.15, 0.2) is 5.82 Å². The normalized spacial score (nSPS) is 16.4. The van der Waals surface area contributed by atoms with Crippen molar-refractivity contribution < 1.29 is 19.4 Å². The molecule has 2 aromatic carbocycles. The fraction of sp³-hybridized carbons (Fsp3) is 0.192. The van der Waals surface area contributed by atoms with E-state index in [0.29, 0.717) is 62.5 Å². The number of benzene rings is 2. The number of aromatic amines is 1. The van der Waals surface area contributed by atoms with Crippen LogP contribution in [0.3, 0.4) is 0 Å². The Morgan fingerprint density at radius 3 is 2.58 bits per heavy atom. The molecular weight excluding hydrogens is 501 g/mol. The second kappa shape index (κ2) is 9.03. The lowest BCUT2D eigenvalue weighted by Gasteiger charge is -2.19. The SMILES string of the molecule is COc1c(-c2cc(Cl)ccc2C#N)c[n+](OC)c2c1CCC2(O)c1nc(-c2ccc(N)cc2)c(Cl)[nH]1. The van der Waals surface area contributed by atoms with Gasteiger partial charge in [0.05, 0.1) is 29.9 Å². The molecule has 1 aliphatic carbocycles. The number of nitrogen functional groups attached to an aromatic ring is 1. The van der Waals surface area contributed by atoms with Crippen LogP contribution in [0.1, 0.15) is 29.1 Å². The van der Waals surface area contributed by atoms with Gasteiger partial charge in [-0.05, 0) is 43.2 Å². The van der Waals surface area contributed by atoms with Crippen molar-refractivity contribution >= 4 is 28.9 Å². The molecule has 2 heterocycles. The van der Waals surface area contributed by atoms with Crippen LogP contribution in [0.5, 0.6) is 5.75 Å². The Kier molecular flexibility index (Phi) is 6.00. The number of ether oxygens (including phenoxy) is 1. The highest BCUT2D eigenvalue weighted by molar-refractivity contribution is 6.32. The third-order valence-electron chi connectivity index (χ3n) is 6.43. The summed E-state index contributed by atoms with van der Waals surface area (Å²) in [5.74, 6) is 0.795. The van der Waals surface area contributed by atoms with Crippen molar-refractivity contribution in [3.8, 4) is 34.2 Å². The summed E-state index contributed by atoms with van der Waals surface area (Å²) in [6.07, 6.45) is 2.44. The van der Waals surface area contributed by atoms with E-state index in [4.69, 9.17) is 38.5 Å². The largest absolute Gasteiger partial charge is 0.495 e. The first kappa shape index (κ1) is 23.9. The molecule has 4 aromatic rings. The average molecular weight is 523 g/mol. The lowest BCUT2D eigenvalue weighted by Crippen LogP contribution is -2.50. The number of methoxy groups -OCH3 is 1. The van der Waals surface area contributed by atoms with Crippen molar-refractivity contribution in [3.05, 3.63) is 81.5 Å². The van der Waals surface area contributed by atoms with E-state index in [1.54, 1.807) is 43.6 Å². The predicted molar refractivity (Wildman–Crippen MR) is 136 cm³/mol. The molecule has 0 saturated carbocycles. The molecule has 0 saturated heterocycles. The lowest BCUT2D eigenvalue weighted by atomic mass is 9.96. The monoisotopic (exact) mass is 522 g/mol. The van der Waals surface area contributed by atoms with E-state index in [-0.39, 0.29) is 5.82 Å². The Morgan fingerprint density at radius 1 is 1.17 bits per heavy atom. The number of aliphatic hydroxyl groups is 1. The Labute approximate surface area is 217 Å². The van der Waals surface area contributed by atoms with Crippen molar-refractivity contribution in [1.29, 1.82) is 5.26 Å². The van der Waals surface area contributed by atoms with Crippen LogP contribution in [0, 0.1) is 11.3 Å². The van der Waals surface area contributed by atoms with Gasteiger partial charge in [-0.3, -0.25) is 4.84 Å². The Morgan fingerprint density at radius 2 is 1.92 bits per heavy atom. The molecule has 182 valence electrons. The van der Waals surface area contributed by atoms with Crippen molar-refractivity contribution in [2.45, 2.75) is 18.4 Å². The highest BCUT2D eigenvalue weighted by Crippen LogP contribution is 2.47. The molecule has 1 atom stereocenters. The molecule has 0 amide bonds. The number of halogens is 2. The first-order valence-electron chi connectivity index (χ1n) is 11.1. The number of aromatic nitrogens is 3. The van der Waals surface area contributed by atoms with Gasteiger partial charge in [0, 0.05) is 26.6 Å². The molecule has 0 aliphatic heterocycles. The van der Waals surface area contributed by atoms with Crippen LogP contribution in [-0.2, 0) is 12.0 Å². The van der Waals surface area contributed by atoms with Crippen LogP contribution >= 0.6 is 23.2 Å². The van der Waals surface area contributed by atoms with Gasteiger partial charge in [-0.1, -0.05) is 35.3 Å². The van der Waals surface area contributed by atoms with Crippen molar-refractivity contribution in [2.24, 2.45) is 0 Å². The van der Waals surface area contributed by atoms with Gasteiger partial charge < -0.3 is 20.6 Å². The van der Waals surface area contributed by atoms with Crippen LogP contribution in [0.4, 0.5) is 5.69 Å². The number of imidazole rings is 1. The first-order valence-corrected chi connectivity index (χ1v) is 11.8. The van der Waals surface area contributed by atoms with Gasteiger partial charge in [0.1, 0.15) is 23.7 Å². The summed E-state index contributed by atoms with van der Waals surface area (Å²) < 4.78 is 7.29. The number of pyridine rings is 1. The molecule has 5 rings (SSSR count). The number of H-pyrrole nitrogens is 1. The van der Waals surface area contributed by atoms with E-state index < -0.39 is 5.60 Å². The molecule has 10 heteroatoms. The number of anilines is 1. The molecular formula is C26H22Cl2N5O3+. The Balaban J connectivity index is 1.69. The molecule has 8 nitrogen and oxygen atoms in total. The number of fused-ring (bicyclic) bond motifs is 1. The average Bonchev–Trinajstić information content (AvgIpc) is 3.45. The smallest absolute Gasteiger partial charge is 0.280 e. The zero-order chi connectivity index (χ0) is 25.6. The van der Waals surface area contributed by atoms with Crippen LogP contribution in [0.25, 0.3) is 22.4 Å². The van der Waals surface area contributed by atoms with Crippen LogP contribution in [0.15, 0.2) is 48.7 Å². The van der Waals surface area contributed by atoms with Gasteiger partial charge in [-0.25, -0.2) is 4.98 Å². The number of nitrogens with one attached hydrogen (secondary N) is 1. The molecule has 4 N–H and O–H groups in total. The van der Waals surface area contributed by atoms with E-state index in [9.17, 15) is 10.4 Å². The van der Waals surface area contributed by atoms with Gasteiger partial charge >= 0.3 is 0 Å². The molecule has 0 spiro atoms. The lowest BCUT2D eigenvalue weighted by molar-refractivity contribution is -0.893. The van der Waals surface area contributed by atoms with E-state index in [0.717, 1.165) is 11.1 Å². The maximum absolute atomic E-state index is 12.0. The molecule has 0 bridgehead atoms. The summed E-state index contributed by atoms with van der Waals surface area (Å²) in [7, 11) is 3.04. The molecule has 1 aliphatic rings. The minimum atomic E-state index is -1.54. The van der Waals surface area contributed by atoms with E-state index in [1.807, 2.05) is 12.1 Å². The minimum Gasteiger partial charge on any atom is -0.495 e. The maximum Gasteiger partial charge on any atom is 0.280 e. The predicted octanol–water partition coefficient (Wildman–Crippen LogP) is 4.04. The zero-order valence-electron chi connectivity index (χ0n) is 19.5. The Bertz CT molecular complexity index is 1530. The highest BCUT2D eigenvalue weighted by Gasteiger charge is 2.52. The highest BCUT2D eigenvalue weighted by atomic mass is 35.5. The number of nitrogens with zero attached hydrogens (tertiary/aromatic N) is 3. The second-order valence-corrected chi connectivity index (χ2v) is 9.26. The van der Waals surface area contributed by atoms with Crippen molar-refractivity contribution in [1.82, 2.24) is 9.97 Å². The molecule has 0 radical (unpaired) electrons. The van der Waals surface area contributed by atoms with E-state index in [1.165, 1.54) is 11.8 Å². The van der Waals surface area contributed by atoms with E-state index in [2.05, 4.69) is 16.0 Å². The quantitative estimate of drug-likeness (QED) is 0.268. The number of nitriles is 1. The van der Waals surface area contributed by atoms with Crippen molar-refractivity contribution in [3.63, 3.8) is 0 Å². The third-order valence-corrected chi connectivity index (χ3v) is 6.94. The molecule has 2 aromatic heterocycles. The summed E-state index contributed by atoms with van der Waals surface area (Å²) in [4.78, 5) is 13.4. The maximum atomic E-state index is 12.0. The van der Waals surface area contributed by atoms with Gasteiger partial charge in [-0.2, -0.15) is 5.26 Å². The summed E-state index contributed by atoms with van der Waals surface area (Å²) in [5.41, 5.74) is 8.97. The van der Waals surface area contributed by atoms with Crippen molar-refractivity contribution in [2.75, 3.05) is 20.0 Å². The Hall–Kier alpha value is -3.77. The van der Waals surface area contributed by atoms with Crippen LogP contribution in [0.2, 0.25) is 10.2 Å². The number of hydrogen-bond donors (Lipinski definition) is 3. The number of nitrogens with two attached hydrogens (primary N) is 1. The third kappa shape index (κ3) is 3.73. The zero-order valence-corrected chi connectivity index (χ0v) is 21.0. The van der Waals surface area contributed by atoms with E-state index >= 15 is 0 Å². The van der Waals surface area contributed by atoms with Gasteiger partial charge in [-0.15, -0.1) is 0 Å². The summed E-state index contributed by atoms with van der Waals surface area (Å²) in [6.45, 7) is 0. The van der Waals surface area contributed by atoms with Crippen LogP contribution in [-0.4, -0.2) is 29.3 Å². The fourth-order valence-corrected chi connectivity index (χ4v) is 5.16. The molecule has 36 heavy (non-hydrogen) atoms. The fourth-order valence-electron chi connectivity index (χ4n) is 4.75. The summed E-state index contributed by atoms with van der Waals surface area (Å²) in [5, 5.41) is 22.4. The minimum absolute atomic E-state index is 0.277. The van der Waals surface area contributed by atoms with Crippen LogP contribution < -0.4 is 20.0 Å². The molecule has 0 fully saturated rings. The van der Waals surface area contributed by atoms with Gasteiger partial charge in [0.25, 0.3) is 5.69 Å². The number of hydrogen-bond acceptors (Lipinski definition) is 6. The first-order chi connectivity index (χ1) is 17.3. The number of rotatable bonds is 5. The summed E-state index contributed by atoms with van der Waals surface area (Å²) in [6, 6.07) is 14.4. The topological polar surface area (TPSA) is 121 Å².